The van der Waals surface area contributed by atoms with Gasteiger partial charge in [0.15, 0.2) is 22.5 Å². The molecule has 0 saturated carbocycles. The number of fused-ring (bicyclic) bond motifs is 1. The van der Waals surface area contributed by atoms with Gasteiger partial charge in [0.1, 0.15) is 0 Å². The van der Waals surface area contributed by atoms with E-state index in [1.54, 1.807) is 6.33 Å². The monoisotopic (exact) mass is 341 g/mol. The Morgan fingerprint density at radius 3 is 2.92 bits per heavy atom. The van der Waals surface area contributed by atoms with Crippen molar-refractivity contribution in [3.8, 4) is 11.5 Å². The molecule has 0 unspecified atom stereocenters. The minimum absolute atomic E-state index is 0.0192. The van der Waals surface area contributed by atoms with Gasteiger partial charge in [0, 0.05) is 11.4 Å². The van der Waals surface area contributed by atoms with Crippen LogP contribution in [-0.4, -0.2) is 24.6 Å². The van der Waals surface area contributed by atoms with Gasteiger partial charge in [0.2, 0.25) is 0 Å². The predicted molar refractivity (Wildman–Crippen MR) is 94.8 cm³/mol. The van der Waals surface area contributed by atoms with Crippen LogP contribution in [0.3, 0.4) is 0 Å². The first kappa shape index (κ1) is 16.5. The number of anilines is 1. The molecule has 1 aromatic rings. The number of hydrogen-bond acceptors (Lipinski definition) is 6. The van der Waals surface area contributed by atoms with E-state index in [0.717, 1.165) is 35.7 Å². The maximum atomic E-state index is 9.45. The van der Waals surface area contributed by atoms with Crippen molar-refractivity contribution in [2.45, 2.75) is 36.0 Å². The molecule has 0 spiro atoms. The molecule has 0 atom stereocenters. The second-order valence-corrected chi connectivity index (χ2v) is 6.31. The lowest BCUT2D eigenvalue weighted by molar-refractivity contribution is 0.279. The van der Waals surface area contributed by atoms with Crippen LogP contribution in [0.5, 0.6) is 0 Å². The summed E-state index contributed by atoms with van der Waals surface area (Å²) in [5.41, 5.74) is 7.41. The number of aryl methyl sites for hydroxylation is 1. The van der Waals surface area contributed by atoms with Crippen LogP contribution in [0.1, 0.15) is 18.4 Å². The Morgan fingerprint density at radius 1 is 1.29 bits per heavy atom. The van der Waals surface area contributed by atoms with Crippen LogP contribution in [0.25, 0.3) is 11.5 Å². The molecule has 24 heavy (non-hydrogen) atoms. The van der Waals surface area contributed by atoms with Gasteiger partial charge in [-0.3, -0.25) is 0 Å². The molecule has 1 aromatic carbocycles. The van der Waals surface area contributed by atoms with E-state index >= 15 is 0 Å². The molecule has 0 saturated heterocycles. The van der Waals surface area contributed by atoms with Gasteiger partial charge in [0.25, 0.3) is 0 Å². The van der Waals surface area contributed by atoms with Crippen molar-refractivity contribution in [3.05, 3.63) is 48.8 Å². The maximum Gasteiger partial charge on any atom is 0.195 e. The van der Waals surface area contributed by atoms with Gasteiger partial charge in [0.05, 0.1) is 12.9 Å². The van der Waals surface area contributed by atoms with Crippen LogP contribution >= 0.6 is 11.8 Å². The summed E-state index contributed by atoms with van der Waals surface area (Å²) in [4.78, 5) is 14.3. The first-order valence-electron chi connectivity index (χ1n) is 7.68. The average molecular weight is 341 g/mol. The third-order valence-corrected chi connectivity index (χ3v) is 4.61. The predicted octanol–water partition coefficient (Wildman–Crippen LogP) is 2.97. The number of aromatic nitrogens is 4. The zero-order chi connectivity index (χ0) is 16.9. The van der Waals surface area contributed by atoms with Crippen molar-refractivity contribution in [2.24, 2.45) is 0 Å². The Bertz CT molecular complexity index is 817. The van der Waals surface area contributed by atoms with Gasteiger partial charge < -0.3 is 15.4 Å². The van der Waals surface area contributed by atoms with Crippen molar-refractivity contribution in [1.82, 2.24) is 19.5 Å². The molecule has 2 aliphatic heterocycles. The second-order valence-electron chi connectivity index (χ2n) is 5.30. The van der Waals surface area contributed by atoms with Crippen molar-refractivity contribution in [3.63, 3.8) is 0 Å². The highest BCUT2D eigenvalue weighted by atomic mass is 32.2. The SMILES string of the molecule is C=CCCCn1cnc(N)c2nc(Sc3ccccc3CO)nc1-2. The molecular weight excluding hydrogens is 322 g/mol. The lowest BCUT2D eigenvalue weighted by Gasteiger charge is -2.10. The summed E-state index contributed by atoms with van der Waals surface area (Å²) in [6.45, 7) is 4.50. The number of nitrogen functional groups attached to an aromatic ring is 1. The lowest BCUT2D eigenvalue weighted by Crippen LogP contribution is -2.08. The van der Waals surface area contributed by atoms with E-state index in [9.17, 15) is 5.11 Å². The topological polar surface area (TPSA) is 89.9 Å². The molecule has 3 N–H and O–H groups in total. The highest BCUT2D eigenvalue weighted by molar-refractivity contribution is 7.99. The summed E-state index contributed by atoms with van der Waals surface area (Å²) in [6.07, 6.45) is 5.48. The summed E-state index contributed by atoms with van der Waals surface area (Å²) in [6, 6.07) is 7.65. The molecule has 0 fully saturated rings. The third kappa shape index (κ3) is 3.42. The van der Waals surface area contributed by atoms with Crippen molar-refractivity contribution in [1.29, 1.82) is 0 Å². The Kier molecular flexibility index (Phi) is 5.12. The van der Waals surface area contributed by atoms with Crippen LogP contribution < -0.4 is 5.73 Å². The van der Waals surface area contributed by atoms with Gasteiger partial charge in [-0.2, -0.15) is 0 Å². The molecule has 0 aromatic heterocycles. The minimum Gasteiger partial charge on any atom is -0.392 e. The Morgan fingerprint density at radius 2 is 2.12 bits per heavy atom. The second kappa shape index (κ2) is 7.46. The molecule has 0 amide bonds. The number of allylic oxidation sites excluding steroid dienone is 1. The van der Waals surface area contributed by atoms with Crippen molar-refractivity contribution in [2.75, 3.05) is 5.73 Å². The normalized spacial score (nSPS) is 11.0. The van der Waals surface area contributed by atoms with Crippen LogP contribution in [0, 0.1) is 0 Å². The first-order chi connectivity index (χ1) is 11.7. The molecule has 0 radical (unpaired) electrons. The number of nitrogens with zero attached hydrogens (tertiary/aromatic N) is 4. The standard InChI is InChI=1S/C17H19N5OS/c1-2-3-6-9-22-11-19-15(18)14-16(22)21-17(20-14)24-13-8-5-4-7-12(13)10-23/h2,4-5,7-8,11,23H,1,3,6,9-10,18H2. The molecule has 2 heterocycles. The summed E-state index contributed by atoms with van der Waals surface area (Å²) in [7, 11) is 0. The summed E-state index contributed by atoms with van der Waals surface area (Å²) in [5.74, 6) is 1.11. The number of imidazole rings is 1. The fourth-order valence-corrected chi connectivity index (χ4v) is 3.26. The number of aliphatic hydroxyl groups excluding tert-OH is 1. The summed E-state index contributed by atoms with van der Waals surface area (Å²) in [5, 5.41) is 10.0. The fraction of sp³-hybridized carbons (Fsp3) is 0.235. The first-order valence-corrected chi connectivity index (χ1v) is 8.50. The average Bonchev–Trinajstić information content (AvgIpc) is 3.02. The number of rotatable bonds is 7. The van der Waals surface area contributed by atoms with Gasteiger partial charge in [-0.1, -0.05) is 24.3 Å². The van der Waals surface area contributed by atoms with E-state index < -0.39 is 0 Å². The summed E-state index contributed by atoms with van der Waals surface area (Å²) < 4.78 is 1.96. The minimum atomic E-state index is -0.0192. The quantitative estimate of drug-likeness (QED) is 0.507. The number of nitrogens with two attached hydrogens (primary N) is 1. The molecule has 124 valence electrons. The third-order valence-electron chi connectivity index (χ3n) is 3.62. The lowest BCUT2D eigenvalue weighted by atomic mass is 10.2. The Hall–Kier alpha value is -2.38. The van der Waals surface area contributed by atoms with E-state index in [0.29, 0.717) is 16.7 Å². The van der Waals surface area contributed by atoms with Crippen molar-refractivity contribution >= 4 is 17.6 Å². The largest absolute Gasteiger partial charge is 0.392 e. The highest BCUT2D eigenvalue weighted by Crippen LogP contribution is 2.33. The summed E-state index contributed by atoms with van der Waals surface area (Å²) >= 11 is 1.42. The van der Waals surface area contributed by atoms with E-state index in [2.05, 4.69) is 21.5 Å². The van der Waals surface area contributed by atoms with Gasteiger partial charge in [-0.15, -0.1) is 6.58 Å². The molecule has 6 nitrogen and oxygen atoms in total. The van der Waals surface area contributed by atoms with Gasteiger partial charge >= 0.3 is 0 Å². The molecule has 7 heteroatoms. The fourth-order valence-electron chi connectivity index (χ4n) is 2.38. The maximum absolute atomic E-state index is 9.45. The molecule has 3 rings (SSSR count). The van der Waals surface area contributed by atoms with Crippen LogP contribution in [0.4, 0.5) is 5.82 Å². The molecule has 0 bridgehead atoms. The van der Waals surface area contributed by atoms with Gasteiger partial charge in [-0.05, 0) is 36.2 Å². The van der Waals surface area contributed by atoms with Gasteiger partial charge in [-0.25, -0.2) is 15.0 Å². The van der Waals surface area contributed by atoms with Crippen LogP contribution in [-0.2, 0) is 13.2 Å². The van der Waals surface area contributed by atoms with Crippen molar-refractivity contribution < 1.29 is 5.11 Å². The van der Waals surface area contributed by atoms with E-state index in [1.165, 1.54) is 11.8 Å². The van der Waals surface area contributed by atoms with Crippen LogP contribution in [0.2, 0.25) is 0 Å². The molecule has 0 aliphatic carbocycles. The van der Waals surface area contributed by atoms with E-state index in [-0.39, 0.29) is 6.61 Å². The highest BCUT2D eigenvalue weighted by Gasteiger charge is 2.19. The molecular formula is C17H19N5OS. The van der Waals surface area contributed by atoms with E-state index in [4.69, 9.17) is 5.73 Å². The number of benzene rings is 1. The molecule has 2 aliphatic rings. The number of unbranched alkanes of at least 4 members (excludes halogenated alkanes) is 1. The Labute approximate surface area is 144 Å². The smallest absolute Gasteiger partial charge is 0.195 e. The zero-order valence-electron chi connectivity index (χ0n) is 13.2. The van der Waals surface area contributed by atoms with E-state index in [1.807, 2.05) is 34.9 Å². The number of aliphatic hydroxyl groups is 1. The zero-order valence-corrected chi connectivity index (χ0v) is 14.0. The number of hydrogen-bond donors (Lipinski definition) is 2. The van der Waals surface area contributed by atoms with Crippen LogP contribution in [0.15, 0.2) is 53.3 Å². The Balaban J connectivity index is 1.92.